The number of nitrogens with zero attached hydrogens (tertiary/aromatic N) is 2. The number of ketones is 1. The van der Waals surface area contributed by atoms with Crippen molar-refractivity contribution < 1.29 is 14.5 Å². The monoisotopic (exact) mass is 454 g/mol. The van der Waals surface area contributed by atoms with Crippen molar-refractivity contribution >= 4 is 39.0 Å². The highest BCUT2D eigenvalue weighted by Crippen LogP contribution is 2.45. The topological polar surface area (TPSA) is 80.5 Å². The van der Waals surface area contributed by atoms with E-state index in [1.807, 2.05) is 31.2 Å². The van der Waals surface area contributed by atoms with E-state index in [0.29, 0.717) is 36.2 Å². The minimum absolute atomic E-state index is 0.0487. The zero-order valence-corrected chi connectivity index (χ0v) is 17.4. The van der Waals surface area contributed by atoms with Crippen molar-refractivity contribution in [2.45, 2.75) is 38.5 Å². The molecule has 2 aromatic rings. The highest BCUT2D eigenvalue weighted by Gasteiger charge is 2.40. The van der Waals surface area contributed by atoms with Gasteiger partial charge in [-0.05, 0) is 37.0 Å². The molecule has 1 heterocycles. The van der Waals surface area contributed by atoms with E-state index in [0.717, 1.165) is 15.6 Å². The van der Waals surface area contributed by atoms with Crippen molar-refractivity contribution in [3.05, 3.63) is 79.4 Å². The first-order chi connectivity index (χ1) is 13.9. The lowest BCUT2D eigenvalue weighted by Crippen LogP contribution is -2.41. The molecule has 0 radical (unpaired) electrons. The Morgan fingerprint density at radius 1 is 1.14 bits per heavy atom. The summed E-state index contributed by atoms with van der Waals surface area (Å²) in [6, 6.07) is 12.1. The molecule has 1 unspecified atom stereocenters. The lowest BCUT2D eigenvalue weighted by Gasteiger charge is -2.39. The van der Waals surface area contributed by atoms with Crippen LogP contribution in [-0.4, -0.2) is 16.6 Å². The zero-order chi connectivity index (χ0) is 20.7. The smallest absolute Gasteiger partial charge is 0.271 e. The van der Waals surface area contributed by atoms with Crippen LogP contribution in [0.5, 0.6) is 0 Å². The summed E-state index contributed by atoms with van der Waals surface area (Å²) in [5, 5.41) is 11.3. The second kappa shape index (κ2) is 7.55. The van der Waals surface area contributed by atoms with E-state index in [1.165, 1.54) is 12.1 Å². The Kier molecular flexibility index (Phi) is 5.08. The third-order valence-electron chi connectivity index (χ3n) is 5.60. The summed E-state index contributed by atoms with van der Waals surface area (Å²) >= 11 is 3.55. The lowest BCUT2D eigenvalue weighted by molar-refractivity contribution is -0.384. The Labute approximate surface area is 176 Å². The van der Waals surface area contributed by atoms with Crippen molar-refractivity contribution in [2.75, 3.05) is 4.90 Å². The average molecular weight is 455 g/mol. The summed E-state index contributed by atoms with van der Waals surface area (Å²) in [6.07, 6.45) is 1.86. The molecule has 148 valence electrons. The number of non-ortho nitro benzene ring substituents is 1. The van der Waals surface area contributed by atoms with Crippen LogP contribution < -0.4 is 4.90 Å². The fourth-order valence-corrected chi connectivity index (χ4v) is 4.81. The van der Waals surface area contributed by atoms with Crippen molar-refractivity contribution in [3.63, 3.8) is 0 Å². The average Bonchev–Trinajstić information content (AvgIpc) is 2.68. The second-order valence-corrected chi connectivity index (χ2v) is 8.23. The summed E-state index contributed by atoms with van der Waals surface area (Å²) in [5.74, 6) is -0.411. The first-order valence-electron chi connectivity index (χ1n) is 9.47. The van der Waals surface area contributed by atoms with E-state index in [2.05, 4.69) is 15.9 Å². The van der Waals surface area contributed by atoms with Crippen LogP contribution in [0.2, 0.25) is 0 Å². The number of rotatable bonds is 3. The molecule has 6 nitrogen and oxygen atoms in total. The number of carbonyl (C=O) groups excluding carboxylic acids is 2. The summed E-state index contributed by atoms with van der Waals surface area (Å²) in [7, 11) is 0. The first-order valence-corrected chi connectivity index (χ1v) is 10.3. The lowest BCUT2D eigenvalue weighted by atomic mass is 9.77. The van der Waals surface area contributed by atoms with Gasteiger partial charge in [0, 0.05) is 46.6 Å². The fourth-order valence-electron chi connectivity index (χ4n) is 4.25. The van der Waals surface area contributed by atoms with Crippen LogP contribution in [0.3, 0.4) is 0 Å². The molecule has 0 spiro atoms. The molecular formula is C22H19BrN2O4. The van der Waals surface area contributed by atoms with Crippen LogP contribution in [0, 0.1) is 17.0 Å². The van der Waals surface area contributed by atoms with Crippen LogP contribution in [0.25, 0.3) is 0 Å². The molecule has 0 saturated carbocycles. The van der Waals surface area contributed by atoms with Gasteiger partial charge in [0.2, 0.25) is 5.91 Å². The SMILES string of the molecule is Cc1ccc([N+](=O)[O-])cc1N1C(=O)CC(c2ccccc2Br)C2=C1CCCC2=O. The number of hydrogen-bond acceptors (Lipinski definition) is 4. The van der Waals surface area contributed by atoms with Gasteiger partial charge < -0.3 is 0 Å². The molecule has 1 amide bonds. The molecule has 2 aromatic carbocycles. The number of aryl methyl sites for hydroxylation is 1. The maximum Gasteiger partial charge on any atom is 0.271 e. The summed E-state index contributed by atoms with van der Waals surface area (Å²) in [6.45, 7) is 1.82. The van der Waals surface area contributed by atoms with E-state index in [1.54, 1.807) is 11.0 Å². The molecule has 1 atom stereocenters. The molecule has 0 saturated heterocycles. The number of allylic oxidation sites excluding steroid dienone is 2. The molecule has 0 aromatic heterocycles. The van der Waals surface area contributed by atoms with Gasteiger partial charge in [0.25, 0.3) is 5.69 Å². The van der Waals surface area contributed by atoms with E-state index in [4.69, 9.17) is 0 Å². The number of amides is 1. The van der Waals surface area contributed by atoms with E-state index in [-0.39, 0.29) is 29.7 Å². The molecule has 2 aliphatic rings. The number of Topliss-reactive ketones (excluding diaryl/α,β-unsaturated/α-hetero) is 1. The van der Waals surface area contributed by atoms with Gasteiger partial charge in [0.1, 0.15) is 0 Å². The summed E-state index contributed by atoms with van der Waals surface area (Å²) in [5.41, 5.74) is 3.43. The minimum atomic E-state index is -0.470. The van der Waals surface area contributed by atoms with Gasteiger partial charge >= 0.3 is 0 Å². The molecule has 0 N–H and O–H groups in total. The minimum Gasteiger partial charge on any atom is -0.294 e. The van der Waals surface area contributed by atoms with Crippen LogP contribution in [0.1, 0.15) is 42.7 Å². The van der Waals surface area contributed by atoms with E-state index in [9.17, 15) is 19.7 Å². The molecular weight excluding hydrogens is 436 g/mol. The standard InChI is InChI=1S/C22H19BrN2O4/c1-13-9-10-14(25(28)29)11-19(13)24-18-7-4-8-20(26)22(18)16(12-21(24)27)15-5-2-3-6-17(15)23/h2-3,5-6,9-11,16H,4,7-8,12H2,1H3. The Morgan fingerprint density at radius 2 is 1.90 bits per heavy atom. The second-order valence-electron chi connectivity index (χ2n) is 7.37. The van der Waals surface area contributed by atoms with E-state index < -0.39 is 4.92 Å². The normalized spacial score (nSPS) is 19.4. The highest BCUT2D eigenvalue weighted by atomic mass is 79.9. The summed E-state index contributed by atoms with van der Waals surface area (Å²) in [4.78, 5) is 38.6. The van der Waals surface area contributed by atoms with Crippen LogP contribution in [-0.2, 0) is 9.59 Å². The number of nitro benzene ring substituents is 1. The largest absolute Gasteiger partial charge is 0.294 e. The van der Waals surface area contributed by atoms with Gasteiger partial charge in [0.05, 0.1) is 10.6 Å². The Balaban J connectivity index is 1.91. The molecule has 1 aliphatic carbocycles. The van der Waals surface area contributed by atoms with Gasteiger partial charge in [0.15, 0.2) is 5.78 Å². The maximum atomic E-state index is 13.3. The highest BCUT2D eigenvalue weighted by molar-refractivity contribution is 9.10. The molecule has 7 heteroatoms. The van der Waals surface area contributed by atoms with Crippen molar-refractivity contribution in [1.82, 2.24) is 0 Å². The molecule has 4 rings (SSSR count). The Bertz CT molecular complexity index is 1080. The molecule has 1 aliphatic heterocycles. The van der Waals surface area contributed by atoms with Crippen LogP contribution >= 0.6 is 15.9 Å². The summed E-state index contributed by atoms with van der Waals surface area (Å²) < 4.78 is 0.864. The van der Waals surface area contributed by atoms with Crippen LogP contribution in [0.15, 0.2) is 58.2 Å². The van der Waals surface area contributed by atoms with Gasteiger partial charge in [-0.25, -0.2) is 0 Å². The molecule has 0 fully saturated rings. The molecule has 0 bridgehead atoms. The van der Waals surface area contributed by atoms with Crippen molar-refractivity contribution in [1.29, 1.82) is 0 Å². The maximum absolute atomic E-state index is 13.3. The van der Waals surface area contributed by atoms with Gasteiger partial charge in [-0.15, -0.1) is 0 Å². The first kappa shape index (κ1) is 19.5. The quantitative estimate of drug-likeness (QED) is 0.471. The predicted octanol–water partition coefficient (Wildman–Crippen LogP) is 5.19. The van der Waals surface area contributed by atoms with Gasteiger partial charge in [-0.1, -0.05) is 40.2 Å². The van der Waals surface area contributed by atoms with Gasteiger partial charge in [-0.2, -0.15) is 0 Å². The zero-order valence-electron chi connectivity index (χ0n) is 15.9. The number of hydrogen-bond donors (Lipinski definition) is 0. The van der Waals surface area contributed by atoms with E-state index >= 15 is 0 Å². The third kappa shape index (κ3) is 3.40. The Morgan fingerprint density at radius 3 is 2.62 bits per heavy atom. The number of carbonyl (C=O) groups is 2. The van der Waals surface area contributed by atoms with Crippen LogP contribution in [0.4, 0.5) is 11.4 Å². The number of benzene rings is 2. The fraction of sp³-hybridized carbons (Fsp3) is 0.273. The Hall–Kier alpha value is -2.80. The number of halogens is 1. The number of anilines is 1. The number of nitro groups is 1. The van der Waals surface area contributed by atoms with Crippen molar-refractivity contribution in [3.8, 4) is 0 Å². The molecule has 29 heavy (non-hydrogen) atoms. The van der Waals surface area contributed by atoms with Crippen molar-refractivity contribution in [2.24, 2.45) is 0 Å². The third-order valence-corrected chi connectivity index (χ3v) is 6.32. The van der Waals surface area contributed by atoms with Gasteiger partial charge in [-0.3, -0.25) is 24.6 Å². The predicted molar refractivity (Wildman–Crippen MR) is 113 cm³/mol.